The summed E-state index contributed by atoms with van der Waals surface area (Å²) in [5.74, 6) is 0. The van der Waals surface area contributed by atoms with Crippen LogP contribution in [0.3, 0.4) is 0 Å². The highest BCUT2D eigenvalue weighted by Crippen LogP contribution is 2.24. The van der Waals surface area contributed by atoms with Crippen molar-refractivity contribution in [2.45, 2.75) is 0 Å². The van der Waals surface area contributed by atoms with Crippen molar-refractivity contribution in [2.75, 3.05) is 10.9 Å². The highest BCUT2D eigenvalue weighted by molar-refractivity contribution is 5.95. The summed E-state index contributed by atoms with van der Waals surface area (Å²) in [6, 6.07) is 12.7. The molecule has 3 aromatic rings. The lowest BCUT2D eigenvalue weighted by Crippen LogP contribution is -1.90. The summed E-state index contributed by atoms with van der Waals surface area (Å²) in [6.45, 7) is 0. The Labute approximate surface area is 112 Å². The summed E-state index contributed by atoms with van der Waals surface area (Å²) in [7, 11) is 0. The molecule has 7 nitrogen and oxygen atoms in total. The predicted molar refractivity (Wildman–Crippen MR) is 78.1 cm³/mol. The van der Waals surface area contributed by atoms with Crippen molar-refractivity contribution in [1.29, 1.82) is 0 Å². The molecule has 0 amide bonds. The zero-order valence-corrected chi connectivity index (χ0v) is 10.2. The van der Waals surface area contributed by atoms with E-state index in [1.807, 2.05) is 18.2 Å². The summed E-state index contributed by atoms with van der Waals surface area (Å²) in [5.41, 5.74) is 7.27. The van der Waals surface area contributed by atoms with Crippen molar-refractivity contribution in [3.05, 3.63) is 52.3 Å². The van der Waals surface area contributed by atoms with Crippen LogP contribution < -0.4 is 10.9 Å². The van der Waals surface area contributed by atoms with Crippen molar-refractivity contribution in [3.63, 3.8) is 0 Å². The number of nitrogens with zero attached hydrogens (tertiary/aromatic N) is 3. The average molecular weight is 267 g/mol. The van der Waals surface area contributed by atoms with E-state index in [0.29, 0.717) is 11.4 Å². The van der Waals surface area contributed by atoms with Crippen LogP contribution in [0.1, 0.15) is 0 Å². The lowest BCUT2D eigenvalue weighted by molar-refractivity contribution is 1.31. The monoisotopic (exact) mass is 267 g/mol. The first-order valence-corrected chi connectivity index (χ1v) is 5.81. The van der Waals surface area contributed by atoms with Crippen LogP contribution in [0.25, 0.3) is 21.8 Å². The van der Waals surface area contributed by atoms with Crippen molar-refractivity contribution in [1.82, 2.24) is 4.98 Å². The number of hydrogen-bond donors (Lipinski definition) is 2. The first-order chi connectivity index (χ1) is 9.80. The van der Waals surface area contributed by atoms with Crippen LogP contribution in [0.15, 0.2) is 53.0 Å². The first-order valence-electron chi connectivity index (χ1n) is 5.81. The van der Waals surface area contributed by atoms with Gasteiger partial charge < -0.3 is 0 Å². The molecule has 98 valence electrons. The quantitative estimate of drug-likeness (QED) is 0.428. The molecule has 0 saturated carbocycles. The summed E-state index contributed by atoms with van der Waals surface area (Å²) in [6.07, 6.45) is 0. The van der Waals surface area contributed by atoms with Gasteiger partial charge in [0.25, 0.3) is 0 Å². The molecule has 0 atom stereocenters. The molecule has 1 aromatic heterocycles. The molecule has 0 unspecified atom stereocenters. The third-order valence-electron chi connectivity index (χ3n) is 2.96. The van der Waals surface area contributed by atoms with Crippen molar-refractivity contribution in [3.8, 4) is 0 Å². The van der Waals surface area contributed by atoms with Gasteiger partial charge in [0, 0.05) is 10.8 Å². The zero-order chi connectivity index (χ0) is 13.9. The Morgan fingerprint density at radius 2 is 1.25 bits per heavy atom. The van der Waals surface area contributed by atoms with Crippen LogP contribution in [0.5, 0.6) is 0 Å². The normalized spacial score (nSPS) is 10.4. The molecule has 0 fully saturated rings. The SMILES string of the molecule is O=NNc1ccc2cc3ccc(NN=O)cc3nc2c1. The van der Waals surface area contributed by atoms with E-state index >= 15 is 0 Å². The maximum absolute atomic E-state index is 10.2. The van der Waals surface area contributed by atoms with E-state index in [-0.39, 0.29) is 0 Å². The van der Waals surface area contributed by atoms with E-state index in [4.69, 9.17) is 0 Å². The van der Waals surface area contributed by atoms with E-state index < -0.39 is 0 Å². The van der Waals surface area contributed by atoms with Gasteiger partial charge in [-0.3, -0.25) is 0 Å². The lowest BCUT2D eigenvalue weighted by Gasteiger charge is -2.05. The Hall–Kier alpha value is -3.09. The van der Waals surface area contributed by atoms with E-state index in [1.165, 1.54) is 0 Å². The molecule has 0 spiro atoms. The number of anilines is 2. The first kappa shape index (κ1) is 12.0. The summed E-state index contributed by atoms with van der Waals surface area (Å²) < 4.78 is 0. The second-order valence-corrected chi connectivity index (χ2v) is 4.21. The van der Waals surface area contributed by atoms with Crippen molar-refractivity contribution in [2.24, 2.45) is 10.6 Å². The number of hydrogen-bond acceptors (Lipinski definition) is 5. The zero-order valence-electron chi connectivity index (χ0n) is 10.2. The van der Waals surface area contributed by atoms with Crippen LogP contribution in [0, 0.1) is 9.81 Å². The third kappa shape index (κ3) is 2.12. The standard InChI is InChI=1S/C13H9N5O2/c19-17-15-10-3-1-8-5-9-2-4-11(16-18-20)7-13(9)14-12(8)6-10/h1-7H,(H,15,19)(H,16,20). The number of nitrogens with one attached hydrogen (secondary N) is 2. The maximum Gasteiger partial charge on any atom is 0.0731 e. The highest BCUT2D eigenvalue weighted by Gasteiger charge is 2.03. The molecule has 0 radical (unpaired) electrons. The van der Waals surface area contributed by atoms with E-state index in [0.717, 1.165) is 21.8 Å². The van der Waals surface area contributed by atoms with Gasteiger partial charge in [-0.2, -0.15) is 0 Å². The molecule has 3 rings (SSSR count). The molecule has 0 saturated heterocycles. The fourth-order valence-electron chi connectivity index (χ4n) is 2.07. The minimum atomic E-state index is 0.572. The van der Waals surface area contributed by atoms with Gasteiger partial charge in [0.05, 0.1) is 33.0 Å². The number of fused-ring (bicyclic) bond motifs is 2. The van der Waals surface area contributed by atoms with Gasteiger partial charge in [0.15, 0.2) is 0 Å². The van der Waals surface area contributed by atoms with Crippen LogP contribution >= 0.6 is 0 Å². The van der Waals surface area contributed by atoms with Gasteiger partial charge in [0.1, 0.15) is 0 Å². The Bertz CT molecular complexity index is 753. The number of nitroso groups, excluding NO2 is 2. The fraction of sp³-hybridized carbons (Fsp3) is 0. The van der Waals surface area contributed by atoms with Gasteiger partial charge in [-0.15, -0.1) is 9.81 Å². The van der Waals surface area contributed by atoms with Gasteiger partial charge in [-0.05, 0) is 30.3 Å². The van der Waals surface area contributed by atoms with Crippen molar-refractivity contribution < 1.29 is 0 Å². The largest absolute Gasteiger partial charge is 0.248 e. The smallest absolute Gasteiger partial charge is 0.0731 e. The third-order valence-corrected chi connectivity index (χ3v) is 2.96. The average Bonchev–Trinajstić information content (AvgIpc) is 2.46. The van der Waals surface area contributed by atoms with Crippen LogP contribution in [0.2, 0.25) is 0 Å². The predicted octanol–water partition coefficient (Wildman–Crippen LogP) is 3.57. The molecular weight excluding hydrogens is 258 g/mol. The number of rotatable bonds is 4. The summed E-state index contributed by atoms with van der Waals surface area (Å²) >= 11 is 0. The molecule has 2 aromatic carbocycles. The molecule has 2 N–H and O–H groups in total. The van der Waals surface area contributed by atoms with Gasteiger partial charge in [-0.25, -0.2) is 15.8 Å². The Balaban J connectivity index is 2.18. The fourth-order valence-corrected chi connectivity index (χ4v) is 2.07. The van der Waals surface area contributed by atoms with E-state index in [1.54, 1.807) is 24.3 Å². The van der Waals surface area contributed by atoms with Crippen molar-refractivity contribution >= 4 is 33.2 Å². The van der Waals surface area contributed by atoms with Gasteiger partial charge in [-0.1, -0.05) is 12.1 Å². The van der Waals surface area contributed by atoms with Crippen LogP contribution in [-0.4, -0.2) is 4.98 Å². The molecule has 0 bridgehead atoms. The topological polar surface area (TPSA) is 95.8 Å². The molecule has 20 heavy (non-hydrogen) atoms. The van der Waals surface area contributed by atoms with Gasteiger partial charge in [0.2, 0.25) is 0 Å². The highest BCUT2D eigenvalue weighted by atomic mass is 16.3. The van der Waals surface area contributed by atoms with Crippen LogP contribution in [-0.2, 0) is 0 Å². The lowest BCUT2D eigenvalue weighted by atomic mass is 10.1. The summed E-state index contributed by atoms with van der Waals surface area (Å²) in [5, 5.41) is 7.15. The molecule has 0 aliphatic heterocycles. The molecular formula is C13H9N5O2. The maximum atomic E-state index is 10.2. The number of aromatic nitrogens is 1. The van der Waals surface area contributed by atoms with E-state index in [2.05, 4.69) is 26.4 Å². The van der Waals surface area contributed by atoms with E-state index in [9.17, 15) is 9.81 Å². The van der Waals surface area contributed by atoms with Gasteiger partial charge >= 0.3 is 0 Å². The Kier molecular flexibility index (Phi) is 2.92. The second-order valence-electron chi connectivity index (χ2n) is 4.21. The molecule has 0 aliphatic rings. The number of pyridine rings is 1. The number of benzene rings is 2. The molecule has 7 heteroatoms. The minimum Gasteiger partial charge on any atom is -0.248 e. The van der Waals surface area contributed by atoms with Crippen LogP contribution in [0.4, 0.5) is 11.4 Å². The summed E-state index contributed by atoms with van der Waals surface area (Å²) in [4.78, 5) is 24.9. The molecule has 1 heterocycles. The Morgan fingerprint density at radius 3 is 1.70 bits per heavy atom. The minimum absolute atomic E-state index is 0.572. The second kappa shape index (κ2) is 4.88. The Morgan fingerprint density at radius 1 is 0.750 bits per heavy atom. The molecule has 0 aliphatic carbocycles.